The molecular formula is C24H28N6O2. The Morgan fingerprint density at radius 3 is 2.47 bits per heavy atom. The largest absolute Gasteiger partial charge is 0.380 e. The van der Waals surface area contributed by atoms with E-state index in [0.29, 0.717) is 22.5 Å². The number of amides is 2. The molecule has 1 aromatic rings. The minimum absolute atomic E-state index is 0.0118. The molecule has 1 aromatic carbocycles. The number of rotatable bonds is 5. The Kier molecular flexibility index (Phi) is 5.99. The van der Waals surface area contributed by atoms with E-state index in [1.165, 1.54) is 6.92 Å². The number of hydrogen-bond acceptors (Lipinski definition) is 5. The summed E-state index contributed by atoms with van der Waals surface area (Å²) in [6, 6.07) is 7.91. The third-order valence-electron chi connectivity index (χ3n) is 5.88. The lowest BCUT2D eigenvalue weighted by Crippen LogP contribution is -2.43. The van der Waals surface area contributed by atoms with E-state index in [-0.39, 0.29) is 29.9 Å². The van der Waals surface area contributed by atoms with Gasteiger partial charge in [-0.3, -0.25) is 9.59 Å². The summed E-state index contributed by atoms with van der Waals surface area (Å²) in [5, 5.41) is 19.6. The molecule has 8 heteroatoms. The van der Waals surface area contributed by atoms with Crippen LogP contribution in [-0.2, 0) is 4.79 Å². The van der Waals surface area contributed by atoms with E-state index in [1.54, 1.807) is 18.3 Å². The molecule has 0 spiro atoms. The van der Waals surface area contributed by atoms with Gasteiger partial charge in [0.15, 0.2) is 0 Å². The van der Waals surface area contributed by atoms with Crippen molar-refractivity contribution in [2.24, 2.45) is 0 Å². The zero-order valence-electron chi connectivity index (χ0n) is 18.6. The Morgan fingerprint density at radius 2 is 1.84 bits per heavy atom. The fourth-order valence-electron chi connectivity index (χ4n) is 4.43. The summed E-state index contributed by atoms with van der Waals surface area (Å²) in [4.78, 5) is 32.5. The fraction of sp³-hybridized carbons (Fsp3) is 0.417. The smallest absolute Gasteiger partial charge is 0.255 e. The SMILES string of the molecule is CC(=O)NC1CCC(NC(=O)c2c[nH]c3c4ccc(C#N)cc4nc-3c2NC(C)C)CC1. The molecule has 166 valence electrons. The number of nitrogens with zero attached hydrogens (tertiary/aromatic N) is 2. The first-order chi connectivity index (χ1) is 15.4. The Morgan fingerprint density at radius 1 is 1.16 bits per heavy atom. The van der Waals surface area contributed by atoms with Crippen LogP contribution in [0.5, 0.6) is 0 Å². The molecule has 2 heterocycles. The monoisotopic (exact) mass is 432 g/mol. The molecule has 1 aliphatic carbocycles. The van der Waals surface area contributed by atoms with Crippen molar-refractivity contribution in [1.29, 1.82) is 5.26 Å². The molecule has 0 unspecified atom stereocenters. The fourth-order valence-corrected chi connectivity index (χ4v) is 4.43. The highest BCUT2D eigenvalue weighted by Crippen LogP contribution is 2.37. The standard InChI is InChI=1S/C24H28N6O2/c1-13(2)27-22-19(24(32)29-17-7-5-16(6-8-17)28-14(3)31)12-26-21-18-9-4-15(11-25)10-20(18)30-23(21)22/h4,9-10,12-13,16-17,26-27H,5-8H2,1-3H3,(H,28,31)(H,29,32). The van der Waals surface area contributed by atoms with Crippen LogP contribution in [0.25, 0.3) is 22.3 Å². The van der Waals surface area contributed by atoms with Gasteiger partial charge in [-0.25, -0.2) is 4.98 Å². The summed E-state index contributed by atoms with van der Waals surface area (Å²) >= 11 is 0. The van der Waals surface area contributed by atoms with Crippen LogP contribution in [0.2, 0.25) is 0 Å². The molecule has 2 amide bonds. The lowest BCUT2D eigenvalue weighted by Gasteiger charge is -2.29. The molecule has 1 fully saturated rings. The summed E-state index contributed by atoms with van der Waals surface area (Å²) in [5.74, 6) is -0.166. The first-order valence-electron chi connectivity index (χ1n) is 11.0. The summed E-state index contributed by atoms with van der Waals surface area (Å²) in [5.41, 5.74) is 3.99. The number of fused-ring (bicyclic) bond motifs is 3. The topological polar surface area (TPSA) is 123 Å². The van der Waals surface area contributed by atoms with Crippen molar-refractivity contribution in [3.8, 4) is 17.5 Å². The van der Waals surface area contributed by atoms with Crippen molar-refractivity contribution in [3.63, 3.8) is 0 Å². The van der Waals surface area contributed by atoms with Crippen molar-refractivity contribution in [2.75, 3.05) is 5.32 Å². The Hall–Kier alpha value is -3.60. The number of pyridine rings is 1. The van der Waals surface area contributed by atoms with E-state index in [9.17, 15) is 14.9 Å². The summed E-state index contributed by atoms with van der Waals surface area (Å²) in [7, 11) is 0. The van der Waals surface area contributed by atoms with Crippen molar-refractivity contribution >= 4 is 28.4 Å². The predicted molar refractivity (Wildman–Crippen MR) is 124 cm³/mol. The molecule has 3 aliphatic rings. The van der Waals surface area contributed by atoms with Crippen LogP contribution in [0, 0.1) is 11.3 Å². The average Bonchev–Trinajstić information content (AvgIpc) is 3.13. The number of hydrogen-bond donors (Lipinski definition) is 4. The van der Waals surface area contributed by atoms with Gasteiger partial charge in [-0.15, -0.1) is 0 Å². The summed E-state index contributed by atoms with van der Waals surface area (Å²) < 4.78 is 0. The highest BCUT2D eigenvalue weighted by atomic mass is 16.2. The highest BCUT2D eigenvalue weighted by Gasteiger charge is 2.27. The van der Waals surface area contributed by atoms with Gasteiger partial charge < -0.3 is 20.9 Å². The van der Waals surface area contributed by atoms with Crippen molar-refractivity contribution in [1.82, 2.24) is 20.6 Å². The van der Waals surface area contributed by atoms with Crippen molar-refractivity contribution in [3.05, 3.63) is 35.5 Å². The molecule has 4 N–H and O–H groups in total. The number of aromatic nitrogens is 2. The maximum Gasteiger partial charge on any atom is 0.255 e. The Balaban J connectivity index is 1.62. The summed E-state index contributed by atoms with van der Waals surface area (Å²) in [6.07, 6.45) is 5.08. The number of carbonyl (C=O) groups excluding carboxylic acids is 2. The lowest BCUT2D eigenvalue weighted by molar-refractivity contribution is -0.119. The van der Waals surface area contributed by atoms with Gasteiger partial charge in [0.05, 0.1) is 34.1 Å². The van der Waals surface area contributed by atoms with E-state index in [2.05, 4.69) is 27.0 Å². The number of H-pyrrole nitrogens is 1. The zero-order valence-corrected chi connectivity index (χ0v) is 18.6. The first kappa shape index (κ1) is 21.6. The molecule has 8 nitrogen and oxygen atoms in total. The highest BCUT2D eigenvalue weighted by molar-refractivity contribution is 6.07. The van der Waals surface area contributed by atoms with Gasteiger partial charge in [0.25, 0.3) is 5.91 Å². The van der Waals surface area contributed by atoms with Crippen LogP contribution >= 0.6 is 0 Å². The van der Waals surface area contributed by atoms with Crippen LogP contribution < -0.4 is 16.0 Å². The maximum atomic E-state index is 13.2. The van der Waals surface area contributed by atoms with Gasteiger partial charge in [0, 0.05) is 36.6 Å². The van der Waals surface area contributed by atoms with E-state index in [1.807, 2.05) is 19.9 Å². The minimum Gasteiger partial charge on any atom is -0.380 e. The molecule has 0 aromatic heterocycles. The van der Waals surface area contributed by atoms with Gasteiger partial charge in [0.2, 0.25) is 5.91 Å². The molecule has 0 bridgehead atoms. The predicted octanol–water partition coefficient (Wildman–Crippen LogP) is 3.54. The van der Waals surface area contributed by atoms with E-state index < -0.39 is 0 Å². The average molecular weight is 433 g/mol. The molecule has 0 saturated heterocycles. The Labute approximate surface area is 187 Å². The molecule has 32 heavy (non-hydrogen) atoms. The molecule has 0 radical (unpaired) electrons. The molecule has 2 aliphatic heterocycles. The number of nitriles is 1. The number of benzene rings is 1. The maximum absolute atomic E-state index is 13.2. The molecule has 0 atom stereocenters. The molecule has 1 saturated carbocycles. The van der Waals surface area contributed by atoms with Gasteiger partial charge >= 0.3 is 0 Å². The van der Waals surface area contributed by atoms with Gasteiger partial charge in [-0.2, -0.15) is 5.26 Å². The van der Waals surface area contributed by atoms with Crippen LogP contribution in [0.4, 0.5) is 5.69 Å². The van der Waals surface area contributed by atoms with Crippen molar-refractivity contribution < 1.29 is 9.59 Å². The van der Waals surface area contributed by atoms with E-state index >= 15 is 0 Å². The van der Waals surface area contributed by atoms with Crippen LogP contribution in [-0.4, -0.2) is 39.9 Å². The third-order valence-corrected chi connectivity index (χ3v) is 5.88. The quantitative estimate of drug-likeness (QED) is 0.491. The molecule has 4 rings (SSSR count). The van der Waals surface area contributed by atoms with Crippen LogP contribution in [0.3, 0.4) is 0 Å². The lowest BCUT2D eigenvalue weighted by atomic mass is 9.91. The van der Waals surface area contributed by atoms with Crippen LogP contribution in [0.15, 0.2) is 24.4 Å². The number of carbonyl (C=O) groups is 2. The second kappa shape index (κ2) is 8.87. The molecular weight excluding hydrogens is 404 g/mol. The van der Waals surface area contributed by atoms with E-state index in [0.717, 1.165) is 42.3 Å². The second-order valence-electron chi connectivity index (χ2n) is 8.78. The summed E-state index contributed by atoms with van der Waals surface area (Å²) in [6.45, 7) is 5.57. The third kappa shape index (κ3) is 4.37. The van der Waals surface area contributed by atoms with Crippen LogP contribution in [0.1, 0.15) is 62.4 Å². The van der Waals surface area contributed by atoms with Gasteiger partial charge in [-0.05, 0) is 57.7 Å². The minimum atomic E-state index is -0.154. The number of nitrogens with one attached hydrogen (secondary N) is 4. The van der Waals surface area contributed by atoms with Gasteiger partial charge in [0.1, 0.15) is 5.69 Å². The number of aromatic amines is 1. The number of anilines is 1. The van der Waals surface area contributed by atoms with Gasteiger partial charge in [-0.1, -0.05) is 0 Å². The van der Waals surface area contributed by atoms with E-state index in [4.69, 9.17) is 4.98 Å². The Bertz CT molecular complexity index is 1170. The normalized spacial score (nSPS) is 18.5. The van der Waals surface area contributed by atoms with Crippen molar-refractivity contribution in [2.45, 2.75) is 64.6 Å². The first-order valence-corrected chi connectivity index (χ1v) is 11.0. The zero-order chi connectivity index (χ0) is 22.8. The second-order valence-corrected chi connectivity index (χ2v) is 8.78.